The number of alkyl halides is 4. The Labute approximate surface area is 133 Å². The van der Waals surface area contributed by atoms with Crippen molar-refractivity contribution in [3.63, 3.8) is 0 Å². The van der Waals surface area contributed by atoms with E-state index in [-0.39, 0.29) is 11.8 Å². The second kappa shape index (κ2) is 6.05. The SMILES string of the molecule is O=C(OC1C2CC3CC(C2)CC1C3)C(F)(SOO[O-])C(F)(F)F. The summed E-state index contributed by atoms with van der Waals surface area (Å²) in [5.41, 5.74) is 0. The van der Waals surface area contributed by atoms with Gasteiger partial charge in [-0.1, -0.05) is 0 Å². The van der Waals surface area contributed by atoms with Gasteiger partial charge in [0.15, 0.2) is 0 Å². The average Bonchev–Trinajstić information content (AvgIpc) is 2.46. The van der Waals surface area contributed by atoms with E-state index < -0.39 is 35.3 Å². The van der Waals surface area contributed by atoms with Gasteiger partial charge in [-0.3, -0.25) is 5.04 Å². The molecule has 1 atom stereocenters. The number of ether oxygens (including phenoxy) is 1. The van der Waals surface area contributed by atoms with Gasteiger partial charge in [0, 0.05) is 0 Å². The Morgan fingerprint density at radius 2 is 1.52 bits per heavy atom. The van der Waals surface area contributed by atoms with Crippen LogP contribution in [0.3, 0.4) is 0 Å². The summed E-state index contributed by atoms with van der Waals surface area (Å²) in [6.45, 7) is 0. The van der Waals surface area contributed by atoms with Crippen LogP contribution in [0.4, 0.5) is 17.6 Å². The van der Waals surface area contributed by atoms with E-state index >= 15 is 0 Å². The van der Waals surface area contributed by atoms with E-state index in [0.29, 0.717) is 11.8 Å². The normalized spacial score (nSPS) is 38.4. The van der Waals surface area contributed by atoms with Crippen LogP contribution in [-0.2, 0) is 18.9 Å². The molecule has 5 nitrogen and oxygen atoms in total. The maximum absolute atomic E-state index is 14.1. The topological polar surface area (TPSA) is 67.8 Å². The van der Waals surface area contributed by atoms with Crippen LogP contribution in [0.5, 0.6) is 0 Å². The summed E-state index contributed by atoms with van der Waals surface area (Å²) >= 11 is -1.04. The Hall–Kier alpha value is -0.580. The molecule has 4 aliphatic rings. The van der Waals surface area contributed by atoms with Gasteiger partial charge in [-0.15, -0.1) is 0 Å². The molecule has 4 rings (SSSR count). The van der Waals surface area contributed by atoms with Crippen LogP contribution in [0.2, 0.25) is 0 Å². The molecule has 0 aromatic heterocycles. The van der Waals surface area contributed by atoms with Crippen LogP contribution in [0.25, 0.3) is 0 Å². The average molecular weight is 359 g/mol. The smallest absolute Gasteiger partial charge is 0.446 e. The summed E-state index contributed by atoms with van der Waals surface area (Å²) in [6, 6.07) is 0. The number of hydrogen-bond acceptors (Lipinski definition) is 6. The van der Waals surface area contributed by atoms with Gasteiger partial charge in [0.25, 0.3) is 0 Å². The lowest BCUT2D eigenvalue weighted by Crippen LogP contribution is -2.54. The molecule has 10 heteroatoms. The fourth-order valence-electron chi connectivity index (χ4n) is 4.52. The molecule has 0 heterocycles. The third-order valence-electron chi connectivity index (χ3n) is 5.19. The first-order valence-electron chi connectivity index (χ1n) is 7.35. The zero-order chi connectivity index (χ0) is 16.8. The van der Waals surface area contributed by atoms with E-state index in [0.717, 1.165) is 32.1 Å². The Bertz CT molecular complexity index is 446. The van der Waals surface area contributed by atoms with Gasteiger partial charge in [-0.2, -0.15) is 17.5 Å². The lowest BCUT2D eigenvalue weighted by atomic mass is 9.55. The predicted octanol–water partition coefficient (Wildman–Crippen LogP) is 2.45. The summed E-state index contributed by atoms with van der Waals surface area (Å²) in [5, 5.41) is 7.93. The number of hydrogen-bond donors (Lipinski definition) is 0. The molecular formula is C13H15F4O5S-. The number of esters is 1. The Kier molecular flexibility index (Phi) is 4.54. The summed E-state index contributed by atoms with van der Waals surface area (Å²) in [5.74, 6) is -1.08. The molecule has 1 unspecified atom stereocenters. The van der Waals surface area contributed by atoms with Crippen molar-refractivity contribution in [2.24, 2.45) is 23.7 Å². The molecular weight excluding hydrogens is 344 g/mol. The van der Waals surface area contributed by atoms with Crippen molar-refractivity contribution in [3.8, 4) is 0 Å². The van der Waals surface area contributed by atoms with Gasteiger partial charge >= 0.3 is 17.1 Å². The number of halogens is 4. The van der Waals surface area contributed by atoms with E-state index in [1.807, 2.05) is 0 Å². The van der Waals surface area contributed by atoms with E-state index in [4.69, 9.17) is 4.74 Å². The van der Waals surface area contributed by atoms with Crippen LogP contribution >= 0.6 is 12.0 Å². The highest BCUT2D eigenvalue weighted by Gasteiger charge is 2.66. The highest BCUT2D eigenvalue weighted by atomic mass is 32.2. The molecule has 0 aromatic carbocycles. The van der Waals surface area contributed by atoms with Crippen molar-refractivity contribution in [2.45, 2.75) is 49.4 Å². The third-order valence-corrected chi connectivity index (χ3v) is 5.94. The van der Waals surface area contributed by atoms with Crippen molar-refractivity contribution < 1.29 is 41.7 Å². The minimum Gasteiger partial charge on any atom is -0.691 e. The molecule has 0 radical (unpaired) electrons. The van der Waals surface area contributed by atoms with Gasteiger partial charge in [0.05, 0.1) is 12.0 Å². The maximum Gasteiger partial charge on any atom is 0.446 e. The monoisotopic (exact) mass is 359 g/mol. The van der Waals surface area contributed by atoms with Crippen LogP contribution in [-0.4, -0.2) is 23.3 Å². The zero-order valence-electron chi connectivity index (χ0n) is 11.9. The molecule has 0 spiro atoms. The summed E-state index contributed by atoms with van der Waals surface area (Å²) in [4.78, 5) is 11.8. The largest absolute Gasteiger partial charge is 0.691 e. The number of carbonyl (C=O) groups is 1. The summed E-state index contributed by atoms with van der Waals surface area (Å²) in [7, 11) is 0. The third kappa shape index (κ3) is 3.06. The lowest BCUT2D eigenvalue weighted by Gasteiger charge is -2.53. The highest BCUT2D eigenvalue weighted by Crippen LogP contribution is 2.55. The molecule has 4 aliphatic carbocycles. The van der Waals surface area contributed by atoms with Crippen LogP contribution in [0, 0.1) is 23.7 Å². The summed E-state index contributed by atoms with van der Waals surface area (Å²) < 4.78 is 61.0. The maximum atomic E-state index is 14.1. The van der Waals surface area contributed by atoms with E-state index in [2.05, 4.69) is 9.37 Å². The summed E-state index contributed by atoms with van der Waals surface area (Å²) in [6.07, 6.45) is -2.01. The van der Waals surface area contributed by atoms with E-state index in [9.17, 15) is 27.6 Å². The standard InChI is InChI=1S/C13H16F4O5S/c14-12(13(15,16)17,23-22-21-19)11(18)20-10-8-2-6-1-7(4-8)5-9(10)3-6/h6-10,19H,1-5H2/p-1. The first-order valence-corrected chi connectivity index (χ1v) is 8.09. The first-order chi connectivity index (χ1) is 10.7. The Morgan fingerprint density at radius 3 is 1.96 bits per heavy atom. The van der Waals surface area contributed by atoms with Crippen LogP contribution in [0.1, 0.15) is 32.1 Å². The second-order valence-corrected chi connectivity index (χ2v) is 7.48. The quantitative estimate of drug-likeness (QED) is 0.247. The minimum atomic E-state index is -5.60. The number of rotatable bonds is 5. The highest BCUT2D eigenvalue weighted by molar-refractivity contribution is 7.96. The van der Waals surface area contributed by atoms with Gasteiger partial charge in [-0.25, -0.2) is 9.18 Å². The molecule has 0 saturated heterocycles. The Balaban J connectivity index is 1.72. The molecule has 23 heavy (non-hydrogen) atoms. The molecule has 4 bridgehead atoms. The zero-order valence-corrected chi connectivity index (χ0v) is 12.7. The van der Waals surface area contributed by atoms with E-state index in [1.54, 1.807) is 0 Å². The molecule has 4 fully saturated rings. The van der Waals surface area contributed by atoms with E-state index in [1.165, 1.54) is 0 Å². The fourth-order valence-corrected chi connectivity index (χ4v) is 4.86. The van der Waals surface area contributed by atoms with Gasteiger partial charge < -0.3 is 9.99 Å². The second-order valence-electron chi connectivity index (χ2n) is 6.61. The fraction of sp³-hybridized carbons (Fsp3) is 0.923. The van der Waals surface area contributed by atoms with Crippen molar-refractivity contribution in [2.75, 3.05) is 0 Å². The van der Waals surface area contributed by atoms with Crippen LogP contribution < -0.4 is 5.26 Å². The van der Waals surface area contributed by atoms with Gasteiger partial charge in [-0.05, 0) is 55.8 Å². The van der Waals surface area contributed by atoms with Crippen molar-refractivity contribution >= 4 is 18.0 Å². The van der Waals surface area contributed by atoms with Crippen molar-refractivity contribution in [3.05, 3.63) is 0 Å². The van der Waals surface area contributed by atoms with Crippen molar-refractivity contribution in [1.82, 2.24) is 0 Å². The molecule has 4 saturated carbocycles. The predicted molar refractivity (Wildman–Crippen MR) is 66.6 cm³/mol. The molecule has 132 valence electrons. The van der Waals surface area contributed by atoms with Crippen LogP contribution in [0.15, 0.2) is 0 Å². The molecule has 0 amide bonds. The lowest BCUT2D eigenvalue weighted by molar-refractivity contribution is -0.777. The molecule has 0 N–H and O–H groups in total. The molecule has 0 aromatic rings. The van der Waals surface area contributed by atoms with Gasteiger partial charge in [0.1, 0.15) is 6.10 Å². The first kappa shape index (κ1) is 17.2. The minimum absolute atomic E-state index is 0.0191. The molecule has 0 aliphatic heterocycles. The number of carbonyl (C=O) groups excluding carboxylic acids is 1. The van der Waals surface area contributed by atoms with Crippen molar-refractivity contribution in [1.29, 1.82) is 0 Å². The van der Waals surface area contributed by atoms with Gasteiger partial charge in [0.2, 0.25) is 0 Å². The Morgan fingerprint density at radius 1 is 1.00 bits per heavy atom.